The van der Waals surface area contributed by atoms with Gasteiger partial charge >= 0.3 is 0 Å². The molecule has 1 aliphatic carbocycles. The number of halogens is 1. The zero-order valence-corrected chi connectivity index (χ0v) is 10.4. The molecular formula is C12H16ClN3O. The fourth-order valence-electron chi connectivity index (χ4n) is 2.09. The molecule has 0 spiro atoms. The molecule has 1 aromatic heterocycles. The molecule has 0 atom stereocenters. The van der Waals surface area contributed by atoms with Crippen molar-refractivity contribution in [1.29, 1.82) is 0 Å². The Morgan fingerprint density at radius 1 is 1.35 bits per heavy atom. The van der Waals surface area contributed by atoms with Gasteiger partial charge in [0.05, 0.1) is 18.0 Å². The quantitative estimate of drug-likeness (QED) is 0.839. The van der Waals surface area contributed by atoms with Crippen molar-refractivity contribution in [3.63, 3.8) is 0 Å². The number of alkyl halides is 1. The van der Waals surface area contributed by atoms with E-state index in [1.807, 2.05) is 0 Å². The lowest BCUT2D eigenvalue weighted by molar-refractivity contribution is 0.0943. The van der Waals surface area contributed by atoms with Crippen LogP contribution in [0.3, 0.4) is 0 Å². The van der Waals surface area contributed by atoms with Gasteiger partial charge in [-0.2, -0.15) is 10.2 Å². The predicted molar refractivity (Wildman–Crippen MR) is 66.0 cm³/mol. The Labute approximate surface area is 106 Å². The van der Waals surface area contributed by atoms with E-state index >= 15 is 0 Å². The molecule has 0 bridgehead atoms. The van der Waals surface area contributed by atoms with Gasteiger partial charge < -0.3 is 5.32 Å². The maximum absolute atomic E-state index is 11.7. The SMILES string of the molecule is O=C(NCC1CCC(Cl)CC1)c1ccnnc1. The van der Waals surface area contributed by atoms with Crippen LogP contribution in [0.5, 0.6) is 0 Å². The first-order chi connectivity index (χ1) is 8.25. The molecule has 17 heavy (non-hydrogen) atoms. The number of carbonyl (C=O) groups excluding carboxylic acids is 1. The first-order valence-corrected chi connectivity index (χ1v) is 6.38. The monoisotopic (exact) mass is 253 g/mol. The number of hydrogen-bond acceptors (Lipinski definition) is 3. The minimum atomic E-state index is -0.0760. The Morgan fingerprint density at radius 3 is 2.76 bits per heavy atom. The fourth-order valence-corrected chi connectivity index (χ4v) is 2.34. The van der Waals surface area contributed by atoms with Crippen molar-refractivity contribution in [2.75, 3.05) is 6.54 Å². The Morgan fingerprint density at radius 2 is 2.12 bits per heavy atom. The third kappa shape index (κ3) is 3.66. The second-order valence-corrected chi connectivity index (χ2v) is 5.08. The van der Waals surface area contributed by atoms with Crippen LogP contribution in [0.1, 0.15) is 36.0 Å². The summed E-state index contributed by atoms with van der Waals surface area (Å²) in [6.45, 7) is 0.727. The highest BCUT2D eigenvalue weighted by Crippen LogP contribution is 2.26. The van der Waals surface area contributed by atoms with E-state index < -0.39 is 0 Å². The van der Waals surface area contributed by atoms with Crippen molar-refractivity contribution in [2.24, 2.45) is 5.92 Å². The van der Waals surface area contributed by atoms with E-state index in [1.54, 1.807) is 6.07 Å². The predicted octanol–water partition coefficient (Wildman–Crippen LogP) is 2.00. The summed E-state index contributed by atoms with van der Waals surface area (Å²) in [5, 5.41) is 10.6. The molecule has 0 aromatic carbocycles. The minimum absolute atomic E-state index is 0.0760. The van der Waals surface area contributed by atoms with Gasteiger partial charge in [0, 0.05) is 11.9 Å². The largest absolute Gasteiger partial charge is 0.352 e. The van der Waals surface area contributed by atoms with Crippen LogP contribution >= 0.6 is 11.6 Å². The average Bonchev–Trinajstić information content (AvgIpc) is 2.39. The Balaban J connectivity index is 1.77. The first-order valence-electron chi connectivity index (χ1n) is 5.94. The second-order valence-electron chi connectivity index (χ2n) is 4.46. The smallest absolute Gasteiger partial charge is 0.252 e. The first kappa shape index (κ1) is 12.3. The molecule has 1 heterocycles. The number of hydrogen-bond donors (Lipinski definition) is 1. The van der Waals surface area contributed by atoms with Gasteiger partial charge in [0.25, 0.3) is 5.91 Å². The third-order valence-corrected chi connectivity index (χ3v) is 3.61. The Hall–Kier alpha value is -1.16. The van der Waals surface area contributed by atoms with Crippen LogP contribution in [0.25, 0.3) is 0 Å². The Kier molecular flexibility index (Phi) is 4.31. The summed E-state index contributed by atoms with van der Waals surface area (Å²) >= 11 is 6.04. The van der Waals surface area contributed by atoms with E-state index in [9.17, 15) is 4.79 Å². The molecule has 1 aliphatic rings. The summed E-state index contributed by atoms with van der Waals surface area (Å²) < 4.78 is 0. The Bertz CT molecular complexity index is 363. The molecule has 92 valence electrons. The summed E-state index contributed by atoms with van der Waals surface area (Å²) in [4.78, 5) is 11.7. The topological polar surface area (TPSA) is 54.9 Å². The van der Waals surface area contributed by atoms with Crippen LogP contribution in [0, 0.1) is 5.92 Å². The van der Waals surface area contributed by atoms with Gasteiger partial charge in [-0.25, -0.2) is 0 Å². The molecule has 1 aromatic rings. The molecule has 5 heteroatoms. The normalized spacial score (nSPS) is 24.3. The van der Waals surface area contributed by atoms with Crippen molar-refractivity contribution < 1.29 is 4.79 Å². The highest BCUT2D eigenvalue weighted by Gasteiger charge is 2.19. The van der Waals surface area contributed by atoms with Crippen LogP contribution in [0.15, 0.2) is 18.5 Å². The molecule has 0 radical (unpaired) electrons. The molecule has 4 nitrogen and oxygen atoms in total. The summed E-state index contributed by atoms with van der Waals surface area (Å²) in [5.74, 6) is 0.483. The van der Waals surface area contributed by atoms with E-state index in [-0.39, 0.29) is 5.91 Å². The van der Waals surface area contributed by atoms with E-state index in [0.29, 0.717) is 16.9 Å². The number of nitrogens with one attached hydrogen (secondary N) is 1. The van der Waals surface area contributed by atoms with Crippen molar-refractivity contribution in [3.8, 4) is 0 Å². The van der Waals surface area contributed by atoms with Gasteiger partial charge in [-0.05, 0) is 37.7 Å². The zero-order chi connectivity index (χ0) is 12.1. The molecule has 0 unspecified atom stereocenters. The molecule has 1 N–H and O–H groups in total. The maximum atomic E-state index is 11.7. The van der Waals surface area contributed by atoms with Crippen LogP contribution in [-0.4, -0.2) is 28.0 Å². The van der Waals surface area contributed by atoms with Gasteiger partial charge in [0.1, 0.15) is 0 Å². The molecule has 1 saturated carbocycles. The number of nitrogens with zero attached hydrogens (tertiary/aromatic N) is 2. The zero-order valence-electron chi connectivity index (χ0n) is 9.60. The fraction of sp³-hybridized carbons (Fsp3) is 0.583. The van der Waals surface area contributed by atoms with Gasteiger partial charge in [-0.1, -0.05) is 0 Å². The molecule has 0 saturated heterocycles. The number of carbonyl (C=O) groups is 1. The van der Waals surface area contributed by atoms with E-state index in [1.165, 1.54) is 12.4 Å². The van der Waals surface area contributed by atoms with Crippen LogP contribution in [-0.2, 0) is 0 Å². The second kappa shape index (κ2) is 5.96. The highest BCUT2D eigenvalue weighted by atomic mass is 35.5. The lowest BCUT2D eigenvalue weighted by Crippen LogP contribution is -2.31. The average molecular weight is 254 g/mol. The summed E-state index contributed by atoms with van der Waals surface area (Å²) in [6.07, 6.45) is 7.31. The molecule has 1 amide bonds. The van der Waals surface area contributed by atoms with E-state index in [2.05, 4.69) is 15.5 Å². The van der Waals surface area contributed by atoms with Gasteiger partial charge in [-0.15, -0.1) is 11.6 Å². The lowest BCUT2D eigenvalue weighted by atomic mass is 9.89. The van der Waals surface area contributed by atoms with Gasteiger partial charge in [0.15, 0.2) is 0 Å². The number of aromatic nitrogens is 2. The van der Waals surface area contributed by atoms with Crippen LogP contribution in [0.4, 0.5) is 0 Å². The number of amides is 1. The number of rotatable bonds is 3. The maximum Gasteiger partial charge on any atom is 0.252 e. The van der Waals surface area contributed by atoms with Crippen LogP contribution < -0.4 is 5.32 Å². The van der Waals surface area contributed by atoms with E-state index in [4.69, 9.17) is 11.6 Å². The summed E-state index contributed by atoms with van der Waals surface area (Å²) in [5.41, 5.74) is 0.561. The minimum Gasteiger partial charge on any atom is -0.352 e. The summed E-state index contributed by atoms with van der Waals surface area (Å²) in [6, 6.07) is 1.66. The van der Waals surface area contributed by atoms with Crippen molar-refractivity contribution >= 4 is 17.5 Å². The molecule has 0 aliphatic heterocycles. The highest BCUT2D eigenvalue weighted by molar-refractivity contribution is 6.20. The summed E-state index contributed by atoms with van der Waals surface area (Å²) in [7, 11) is 0. The standard InChI is InChI=1S/C12H16ClN3O/c13-11-3-1-9(2-4-11)7-14-12(17)10-5-6-15-16-8-10/h5-6,8-9,11H,1-4,7H2,(H,14,17). The van der Waals surface area contributed by atoms with Gasteiger partial charge in [0.2, 0.25) is 0 Å². The van der Waals surface area contributed by atoms with Crippen molar-refractivity contribution in [1.82, 2.24) is 15.5 Å². The lowest BCUT2D eigenvalue weighted by Gasteiger charge is -2.24. The molecule has 2 rings (SSSR count). The molecule has 1 fully saturated rings. The van der Waals surface area contributed by atoms with Crippen LogP contribution in [0.2, 0.25) is 0 Å². The van der Waals surface area contributed by atoms with Crippen molar-refractivity contribution in [2.45, 2.75) is 31.1 Å². The van der Waals surface area contributed by atoms with Crippen molar-refractivity contribution in [3.05, 3.63) is 24.0 Å². The third-order valence-electron chi connectivity index (χ3n) is 3.17. The van der Waals surface area contributed by atoms with Gasteiger partial charge in [-0.3, -0.25) is 4.79 Å². The molecular weight excluding hydrogens is 238 g/mol. The van der Waals surface area contributed by atoms with E-state index in [0.717, 1.165) is 32.2 Å².